The third kappa shape index (κ3) is 3.97. The summed E-state index contributed by atoms with van der Waals surface area (Å²) in [6.45, 7) is 6.73. The molecule has 1 aromatic rings. The molecule has 0 radical (unpaired) electrons. The summed E-state index contributed by atoms with van der Waals surface area (Å²) in [7, 11) is 0. The summed E-state index contributed by atoms with van der Waals surface area (Å²) < 4.78 is 5.65. The van der Waals surface area contributed by atoms with Crippen LogP contribution in [0.2, 0.25) is 0 Å². The van der Waals surface area contributed by atoms with Crippen molar-refractivity contribution in [3.63, 3.8) is 0 Å². The maximum absolute atomic E-state index is 12.2. The first-order valence-electron chi connectivity index (χ1n) is 7.76. The van der Waals surface area contributed by atoms with Crippen LogP contribution in [0.4, 0.5) is 0 Å². The molecule has 1 heterocycles. The Morgan fingerprint density at radius 1 is 1.33 bits per heavy atom. The molecule has 4 nitrogen and oxygen atoms in total. The molecule has 21 heavy (non-hydrogen) atoms. The molecule has 1 aliphatic rings. The number of amides is 1. The van der Waals surface area contributed by atoms with Gasteiger partial charge < -0.3 is 15.4 Å². The molecule has 4 heteroatoms. The van der Waals surface area contributed by atoms with Gasteiger partial charge in [-0.25, -0.2) is 0 Å². The summed E-state index contributed by atoms with van der Waals surface area (Å²) in [5.74, 6) is 0.781. The molecule has 0 aromatic heterocycles. The number of nitrogens with two attached hydrogens (primary N) is 1. The van der Waals surface area contributed by atoms with E-state index in [9.17, 15) is 4.79 Å². The fourth-order valence-electron chi connectivity index (χ4n) is 2.69. The zero-order valence-corrected chi connectivity index (χ0v) is 13.1. The fraction of sp³-hybridized carbons (Fsp3) is 0.588. The zero-order valence-electron chi connectivity index (χ0n) is 13.1. The Hall–Kier alpha value is -1.55. The molecule has 0 saturated carbocycles. The lowest BCUT2D eigenvalue weighted by molar-refractivity contribution is -0.135. The monoisotopic (exact) mass is 290 g/mol. The number of hydrogen-bond donors (Lipinski definition) is 1. The van der Waals surface area contributed by atoms with Crippen LogP contribution in [0.25, 0.3) is 0 Å². The molecule has 116 valence electrons. The second-order valence-corrected chi connectivity index (χ2v) is 6.15. The molecular formula is C17H26N2O2. The Morgan fingerprint density at radius 2 is 2.00 bits per heavy atom. The van der Waals surface area contributed by atoms with Crippen molar-refractivity contribution >= 4 is 5.91 Å². The third-order valence-corrected chi connectivity index (χ3v) is 4.72. The molecule has 2 rings (SSSR count). The van der Waals surface area contributed by atoms with E-state index in [4.69, 9.17) is 10.5 Å². The maximum atomic E-state index is 12.2. The van der Waals surface area contributed by atoms with Gasteiger partial charge in [-0.3, -0.25) is 4.79 Å². The van der Waals surface area contributed by atoms with Crippen molar-refractivity contribution in [2.75, 3.05) is 19.7 Å². The lowest BCUT2D eigenvalue weighted by Gasteiger charge is -2.38. The number of ether oxygens (including phenoxy) is 1. The topological polar surface area (TPSA) is 55.6 Å². The van der Waals surface area contributed by atoms with Crippen molar-refractivity contribution in [2.45, 2.75) is 39.7 Å². The molecule has 1 amide bonds. The smallest absolute Gasteiger partial charge is 0.260 e. The van der Waals surface area contributed by atoms with E-state index in [0.717, 1.165) is 31.5 Å². The van der Waals surface area contributed by atoms with Gasteiger partial charge in [-0.15, -0.1) is 0 Å². The zero-order chi connectivity index (χ0) is 15.3. The van der Waals surface area contributed by atoms with Gasteiger partial charge >= 0.3 is 0 Å². The molecule has 1 aliphatic heterocycles. The molecule has 1 fully saturated rings. The predicted molar refractivity (Wildman–Crippen MR) is 84.0 cm³/mol. The van der Waals surface area contributed by atoms with Crippen LogP contribution in [0.1, 0.15) is 38.7 Å². The van der Waals surface area contributed by atoms with Gasteiger partial charge in [0.05, 0.1) is 0 Å². The van der Waals surface area contributed by atoms with E-state index in [0.29, 0.717) is 17.7 Å². The molecule has 0 spiro atoms. The van der Waals surface area contributed by atoms with Crippen LogP contribution < -0.4 is 10.5 Å². The van der Waals surface area contributed by atoms with Gasteiger partial charge in [0.15, 0.2) is 6.61 Å². The van der Waals surface area contributed by atoms with Gasteiger partial charge in [-0.2, -0.15) is 0 Å². The number of hydrogen-bond acceptors (Lipinski definition) is 3. The number of piperidine rings is 1. The summed E-state index contributed by atoms with van der Waals surface area (Å²) in [5, 5.41) is 0. The minimum atomic E-state index is 0.0694. The van der Waals surface area contributed by atoms with Crippen LogP contribution in [0, 0.1) is 5.41 Å². The van der Waals surface area contributed by atoms with Crippen LogP contribution in [0.15, 0.2) is 24.3 Å². The minimum Gasteiger partial charge on any atom is -0.483 e. The summed E-state index contributed by atoms with van der Waals surface area (Å²) in [6, 6.07) is 7.60. The van der Waals surface area contributed by atoms with Crippen molar-refractivity contribution in [2.24, 2.45) is 11.1 Å². The lowest BCUT2D eigenvalue weighted by Crippen LogP contribution is -2.43. The first-order valence-corrected chi connectivity index (χ1v) is 7.76. The standard InChI is InChI=1S/C17H26N2O2/c1-3-17(2)8-10-19(11-9-17)16(20)13-21-15-7-5-4-6-14(15)12-18/h4-7H,3,8-13,18H2,1-2H3. The highest BCUT2D eigenvalue weighted by atomic mass is 16.5. The lowest BCUT2D eigenvalue weighted by atomic mass is 9.78. The maximum Gasteiger partial charge on any atom is 0.260 e. The normalized spacial score (nSPS) is 17.6. The number of rotatable bonds is 5. The average Bonchev–Trinajstić information content (AvgIpc) is 2.53. The van der Waals surface area contributed by atoms with Gasteiger partial charge in [0.2, 0.25) is 0 Å². The van der Waals surface area contributed by atoms with Gasteiger partial charge in [0, 0.05) is 25.2 Å². The quantitative estimate of drug-likeness (QED) is 0.906. The van der Waals surface area contributed by atoms with Crippen molar-refractivity contribution in [3.05, 3.63) is 29.8 Å². The molecule has 0 unspecified atom stereocenters. The number of nitrogens with zero attached hydrogens (tertiary/aromatic N) is 1. The van der Waals surface area contributed by atoms with Gasteiger partial charge in [0.1, 0.15) is 5.75 Å². The number of carbonyl (C=O) groups is 1. The summed E-state index contributed by atoms with van der Waals surface area (Å²) in [6.07, 6.45) is 3.33. The van der Waals surface area contributed by atoms with E-state index in [1.54, 1.807) is 0 Å². The number of carbonyl (C=O) groups excluding carboxylic acids is 1. The van der Waals surface area contributed by atoms with Crippen molar-refractivity contribution in [1.29, 1.82) is 0 Å². The number of benzene rings is 1. The number of para-hydroxylation sites is 1. The third-order valence-electron chi connectivity index (χ3n) is 4.72. The largest absolute Gasteiger partial charge is 0.483 e. The van der Waals surface area contributed by atoms with E-state index >= 15 is 0 Å². The van der Waals surface area contributed by atoms with Crippen LogP contribution >= 0.6 is 0 Å². The summed E-state index contributed by atoms with van der Waals surface area (Å²) in [4.78, 5) is 14.2. The highest BCUT2D eigenvalue weighted by Crippen LogP contribution is 2.33. The first-order chi connectivity index (χ1) is 10.1. The minimum absolute atomic E-state index is 0.0694. The van der Waals surface area contributed by atoms with Crippen molar-refractivity contribution < 1.29 is 9.53 Å². The number of likely N-dealkylation sites (tertiary alicyclic amines) is 1. The average molecular weight is 290 g/mol. The fourth-order valence-corrected chi connectivity index (χ4v) is 2.69. The Labute approximate surface area is 127 Å². The van der Waals surface area contributed by atoms with E-state index in [-0.39, 0.29) is 12.5 Å². The molecule has 0 bridgehead atoms. The Morgan fingerprint density at radius 3 is 2.62 bits per heavy atom. The van der Waals surface area contributed by atoms with E-state index in [2.05, 4.69) is 13.8 Å². The van der Waals surface area contributed by atoms with Crippen LogP contribution in [-0.4, -0.2) is 30.5 Å². The SMILES string of the molecule is CCC1(C)CCN(C(=O)COc2ccccc2CN)CC1. The Balaban J connectivity index is 1.86. The molecule has 1 saturated heterocycles. The van der Waals surface area contributed by atoms with E-state index in [1.807, 2.05) is 29.2 Å². The van der Waals surface area contributed by atoms with E-state index < -0.39 is 0 Å². The first kappa shape index (κ1) is 15.8. The van der Waals surface area contributed by atoms with Crippen LogP contribution in [-0.2, 0) is 11.3 Å². The molecule has 0 aliphatic carbocycles. The Kier molecular flexibility index (Phi) is 5.23. The molecule has 0 atom stereocenters. The summed E-state index contributed by atoms with van der Waals surface area (Å²) >= 11 is 0. The Bertz CT molecular complexity index is 479. The van der Waals surface area contributed by atoms with Gasteiger partial charge in [-0.05, 0) is 24.3 Å². The predicted octanol–water partition coefficient (Wildman–Crippen LogP) is 2.56. The van der Waals surface area contributed by atoms with Crippen LogP contribution in [0.3, 0.4) is 0 Å². The van der Waals surface area contributed by atoms with Crippen molar-refractivity contribution in [3.8, 4) is 5.75 Å². The summed E-state index contributed by atoms with van der Waals surface area (Å²) in [5.41, 5.74) is 7.00. The molecule has 2 N–H and O–H groups in total. The molecule has 1 aromatic carbocycles. The highest BCUT2D eigenvalue weighted by Gasteiger charge is 2.30. The van der Waals surface area contributed by atoms with Crippen LogP contribution in [0.5, 0.6) is 5.75 Å². The van der Waals surface area contributed by atoms with E-state index in [1.165, 1.54) is 6.42 Å². The second-order valence-electron chi connectivity index (χ2n) is 6.15. The highest BCUT2D eigenvalue weighted by molar-refractivity contribution is 5.77. The van der Waals surface area contributed by atoms with Gasteiger partial charge in [-0.1, -0.05) is 38.5 Å². The molecular weight excluding hydrogens is 264 g/mol. The second kappa shape index (κ2) is 6.94. The van der Waals surface area contributed by atoms with Crippen molar-refractivity contribution in [1.82, 2.24) is 4.90 Å². The van der Waals surface area contributed by atoms with Gasteiger partial charge in [0.25, 0.3) is 5.91 Å².